The van der Waals surface area contributed by atoms with E-state index in [1.165, 1.54) is 6.07 Å². The third-order valence-electron chi connectivity index (χ3n) is 13.8. The molecule has 0 amide bonds. The van der Waals surface area contributed by atoms with E-state index < -0.39 is 29.6 Å². The average Bonchev–Trinajstić information content (AvgIpc) is 3.73. The van der Waals surface area contributed by atoms with Crippen LogP contribution >= 0.6 is 0 Å². The molecule has 0 unspecified atom stereocenters. The molecule has 83 heavy (non-hydrogen) atoms. The summed E-state index contributed by atoms with van der Waals surface area (Å²) in [5.74, 6) is -1.26. The number of fused-ring (bicyclic) bond motifs is 1. The van der Waals surface area contributed by atoms with Gasteiger partial charge in [0.05, 0.1) is 0 Å². The molecule has 0 bridgehead atoms. The van der Waals surface area contributed by atoms with Crippen molar-refractivity contribution in [2.75, 3.05) is 0 Å². The van der Waals surface area contributed by atoms with E-state index in [4.69, 9.17) is 42.6 Å². The summed E-state index contributed by atoms with van der Waals surface area (Å²) < 4.78 is 76.6. The summed E-state index contributed by atoms with van der Waals surface area (Å²) >= 11 is 0. The van der Waals surface area contributed by atoms with Crippen LogP contribution in [0.25, 0.3) is 0 Å². The van der Waals surface area contributed by atoms with Crippen molar-refractivity contribution < 1.29 is 56.9 Å². The van der Waals surface area contributed by atoms with Crippen molar-refractivity contribution in [3.8, 4) is 51.7 Å². The Morgan fingerprint density at radius 3 is 1.20 bits per heavy atom. The van der Waals surface area contributed by atoms with Crippen LogP contribution in [0.5, 0.6) is 51.7 Å². The maximum atomic E-state index is 17.8. The highest BCUT2D eigenvalue weighted by Crippen LogP contribution is 2.49. The van der Waals surface area contributed by atoms with Crippen LogP contribution < -0.4 is 37.9 Å². The topological polar surface area (TPSA) is 120 Å². The zero-order valence-corrected chi connectivity index (χ0v) is 45.3. The third-order valence-corrected chi connectivity index (χ3v) is 13.8. The summed E-state index contributed by atoms with van der Waals surface area (Å²) in [6.45, 7) is 0.636. The normalized spacial score (nSPS) is 13.4. The summed E-state index contributed by atoms with van der Waals surface area (Å²) in [6.07, 6.45) is -2.34. The van der Waals surface area contributed by atoms with Crippen LogP contribution in [0.2, 0.25) is 0 Å². The molecule has 416 valence electrons. The van der Waals surface area contributed by atoms with Gasteiger partial charge >= 0.3 is 5.97 Å². The van der Waals surface area contributed by atoms with Gasteiger partial charge < -0.3 is 47.7 Å². The lowest BCUT2D eigenvalue weighted by Crippen LogP contribution is -2.35. The van der Waals surface area contributed by atoms with Gasteiger partial charge in [-0.2, -0.15) is 0 Å². The minimum absolute atomic E-state index is 0.00470. The molecule has 12 heteroatoms. The molecule has 2 atom stereocenters. The number of hydrogen-bond donors (Lipinski definition) is 1. The lowest BCUT2D eigenvalue weighted by atomic mass is 9.93. The summed E-state index contributed by atoms with van der Waals surface area (Å²) in [7, 11) is 0. The lowest BCUT2D eigenvalue weighted by molar-refractivity contribution is -0.0195. The van der Waals surface area contributed by atoms with E-state index in [0.29, 0.717) is 28.4 Å². The Morgan fingerprint density at radius 2 is 0.783 bits per heavy atom. The van der Waals surface area contributed by atoms with Crippen molar-refractivity contribution in [3.63, 3.8) is 0 Å². The fraction of sp³-hybridized carbons (Fsp3) is 0.141. The molecule has 0 fully saturated rings. The number of benzene rings is 10. The molecule has 1 aliphatic heterocycles. The van der Waals surface area contributed by atoms with Crippen LogP contribution in [0, 0.1) is 5.82 Å². The van der Waals surface area contributed by atoms with Gasteiger partial charge in [0.2, 0.25) is 17.2 Å². The molecular formula is C71H59FO11. The lowest BCUT2D eigenvalue weighted by Gasteiger charge is -2.35. The Bertz CT molecular complexity index is 3640. The van der Waals surface area contributed by atoms with Crippen LogP contribution in [0.4, 0.5) is 4.39 Å². The Labute approximate surface area is 481 Å². The van der Waals surface area contributed by atoms with E-state index in [0.717, 1.165) is 38.9 Å². The minimum atomic E-state index is -1.20. The van der Waals surface area contributed by atoms with Crippen molar-refractivity contribution in [3.05, 3.63) is 304 Å². The molecule has 0 saturated heterocycles. The first kappa shape index (κ1) is 54.7. The molecule has 1 aliphatic rings. The number of carbonyl (C=O) groups is 1. The Hall–Kier alpha value is -10.2. The summed E-state index contributed by atoms with van der Waals surface area (Å²) in [4.78, 5) is 15.3. The number of hydrogen-bond acceptors (Lipinski definition) is 11. The number of rotatable bonds is 24. The molecular weight excluding hydrogens is 1050 g/mol. The second-order valence-corrected chi connectivity index (χ2v) is 19.8. The maximum Gasteiger partial charge on any atom is 0.341 e. The highest BCUT2D eigenvalue weighted by atomic mass is 19.1. The summed E-state index contributed by atoms with van der Waals surface area (Å²) in [5, 5.41) is 11.9. The molecule has 10 aromatic rings. The number of esters is 1. The van der Waals surface area contributed by atoms with Gasteiger partial charge in [0.25, 0.3) is 0 Å². The third kappa shape index (κ3) is 14.2. The van der Waals surface area contributed by atoms with E-state index in [-0.39, 0.29) is 87.2 Å². The molecule has 1 heterocycles. The largest absolute Gasteiger partial charge is 0.502 e. The fourth-order valence-corrected chi connectivity index (χ4v) is 9.47. The Balaban J connectivity index is 1.02. The fourth-order valence-electron chi connectivity index (χ4n) is 9.47. The van der Waals surface area contributed by atoms with Gasteiger partial charge in [-0.25, -0.2) is 9.18 Å². The van der Waals surface area contributed by atoms with E-state index in [1.54, 1.807) is 24.3 Å². The predicted octanol–water partition coefficient (Wildman–Crippen LogP) is 15.5. The number of phenolic OH excluding ortho intramolecular Hbond substituents is 1. The molecule has 0 aliphatic carbocycles. The smallest absolute Gasteiger partial charge is 0.341 e. The van der Waals surface area contributed by atoms with Gasteiger partial charge in [-0.3, -0.25) is 0 Å². The predicted molar refractivity (Wildman–Crippen MR) is 313 cm³/mol. The molecule has 0 radical (unpaired) electrons. The van der Waals surface area contributed by atoms with Crippen LogP contribution in [0.15, 0.2) is 243 Å². The van der Waals surface area contributed by atoms with E-state index in [1.807, 2.05) is 212 Å². The molecule has 11 nitrogen and oxygen atoms in total. The van der Waals surface area contributed by atoms with Gasteiger partial charge in [-0.1, -0.05) is 212 Å². The van der Waals surface area contributed by atoms with Crippen molar-refractivity contribution in [2.45, 2.75) is 64.9 Å². The number of halogens is 1. The molecule has 0 saturated carbocycles. The van der Waals surface area contributed by atoms with Crippen LogP contribution in [0.1, 0.15) is 66.5 Å². The van der Waals surface area contributed by atoms with Gasteiger partial charge in [0.15, 0.2) is 29.2 Å². The first-order chi connectivity index (χ1) is 40.9. The van der Waals surface area contributed by atoms with E-state index in [2.05, 4.69) is 0 Å². The van der Waals surface area contributed by atoms with Gasteiger partial charge in [-0.15, -0.1) is 0 Å². The standard InChI is InChI=1S/C71H59FO11/c72-66-59(41-64(79-46-53-30-16-5-17-31-53)69(80-47-54-32-18-6-19-33-54)70(66)81-48-55-34-20-7-21-35-55)71(74)83-65-40-58-60(76-43-50-24-10-2-11-25-50)38-57(75-42-49-22-8-1-9-23-49)39-61(58)82-68(65)56-36-62(77-44-51-26-12-3-13-27-51)67(73)63(37-56)78-45-52-28-14-4-15-29-52/h1-39,41,65,68,73H,40,42-48H2/t65-,68+/m1/s1. The van der Waals surface area contributed by atoms with E-state index >= 15 is 9.18 Å². The van der Waals surface area contributed by atoms with Crippen molar-refractivity contribution in [1.82, 2.24) is 0 Å². The molecule has 11 rings (SSSR count). The second kappa shape index (κ2) is 26.8. The quantitative estimate of drug-likeness (QED) is 0.0582. The second-order valence-electron chi connectivity index (χ2n) is 19.8. The van der Waals surface area contributed by atoms with Crippen molar-refractivity contribution in [1.29, 1.82) is 0 Å². The van der Waals surface area contributed by atoms with Crippen molar-refractivity contribution >= 4 is 5.97 Å². The summed E-state index contributed by atoms with van der Waals surface area (Å²) in [5.41, 5.74) is 6.40. The minimum Gasteiger partial charge on any atom is -0.502 e. The molecule has 0 aromatic heterocycles. The zero-order valence-electron chi connectivity index (χ0n) is 45.3. The first-order valence-electron chi connectivity index (χ1n) is 27.3. The van der Waals surface area contributed by atoms with Gasteiger partial charge in [-0.05, 0) is 51.1 Å². The Morgan fingerprint density at radius 1 is 0.422 bits per heavy atom. The van der Waals surface area contributed by atoms with Crippen molar-refractivity contribution in [2.24, 2.45) is 0 Å². The van der Waals surface area contributed by atoms with Crippen LogP contribution in [-0.2, 0) is 57.4 Å². The van der Waals surface area contributed by atoms with Gasteiger partial charge in [0.1, 0.15) is 75.2 Å². The highest BCUT2D eigenvalue weighted by molar-refractivity contribution is 5.92. The van der Waals surface area contributed by atoms with E-state index in [9.17, 15) is 5.11 Å². The van der Waals surface area contributed by atoms with Crippen LogP contribution in [-0.4, -0.2) is 17.2 Å². The molecule has 0 spiro atoms. The molecule has 1 N–H and O–H groups in total. The number of ether oxygens (including phenoxy) is 9. The maximum absolute atomic E-state index is 17.8. The molecule has 10 aromatic carbocycles. The Kier molecular flexibility index (Phi) is 17.7. The van der Waals surface area contributed by atoms with Crippen LogP contribution in [0.3, 0.4) is 0 Å². The number of aromatic hydroxyl groups is 1. The van der Waals surface area contributed by atoms with Gasteiger partial charge in [0, 0.05) is 35.7 Å². The number of carbonyl (C=O) groups excluding carboxylic acids is 1. The zero-order chi connectivity index (χ0) is 56.6. The monoisotopic (exact) mass is 1110 g/mol. The number of phenols is 1. The SMILES string of the molecule is O=C(O[C@@H]1Cc2c(OCc3ccccc3)cc(OCc3ccccc3)cc2O[C@H]1c1cc(OCc2ccccc2)c(O)c(OCc2ccccc2)c1)c1cc(OCc2ccccc2)c(OCc2ccccc2)c(OCc2ccccc2)c1F. The summed E-state index contributed by atoms with van der Waals surface area (Å²) in [6, 6.07) is 74.9. The first-order valence-corrected chi connectivity index (χ1v) is 27.3. The highest BCUT2D eigenvalue weighted by Gasteiger charge is 2.39. The average molecular weight is 1110 g/mol.